The fourth-order valence-corrected chi connectivity index (χ4v) is 1.63. The fourth-order valence-electron chi connectivity index (χ4n) is 1.63. The van der Waals surface area contributed by atoms with E-state index in [9.17, 15) is 4.79 Å². The topological polar surface area (TPSA) is 71.2 Å². The maximum absolute atomic E-state index is 11.2. The van der Waals surface area contributed by atoms with Gasteiger partial charge >= 0.3 is 0 Å². The SMILES string of the molecule is Cc1ccnc(N2CCNC(=O)C2)c1N. The second-order valence-electron chi connectivity index (χ2n) is 3.64. The molecule has 3 N–H and O–H groups in total. The van der Waals surface area contributed by atoms with Crippen molar-refractivity contribution in [3.05, 3.63) is 17.8 Å². The van der Waals surface area contributed by atoms with Crippen LogP contribution in [0.25, 0.3) is 0 Å². The molecule has 15 heavy (non-hydrogen) atoms. The molecule has 0 spiro atoms. The third kappa shape index (κ3) is 1.86. The third-order valence-electron chi connectivity index (χ3n) is 2.52. The number of carbonyl (C=O) groups excluding carboxylic acids is 1. The van der Waals surface area contributed by atoms with Gasteiger partial charge in [0.05, 0.1) is 12.2 Å². The van der Waals surface area contributed by atoms with Gasteiger partial charge in [0, 0.05) is 19.3 Å². The molecule has 1 aliphatic heterocycles. The van der Waals surface area contributed by atoms with Crippen LogP contribution in [0.1, 0.15) is 5.56 Å². The predicted molar refractivity (Wildman–Crippen MR) is 58.6 cm³/mol. The predicted octanol–water partition coefficient (Wildman–Crippen LogP) is -0.0916. The summed E-state index contributed by atoms with van der Waals surface area (Å²) >= 11 is 0. The number of hydrogen-bond donors (Lipinski definition) is 2. The zero-order chi connectivity index (χ0) is 10.8. The van der Waals surface area contributed by atoms with E-state index in [-0.39, 0.29) is 5.91 Å². The Morgan fingerprint density at radius 1 is 1.60 bits per heavy atom. The van der Waals surface area contributed by atoms with Gasteiger partial charge in [-0.2, -0.15) is 0 Å². The second-order valence-corrected chi connectivity index (χ2v) is 3.64. The molecular formula is C10H14N4O. The summed E-state index contributed by atoms with van der Waals surface area (Å²) in [4.78, 5) is 17.3. The number of amides is 1. The molecule has 0 radical (unpaired) electrons. The highest BCUT2D eigenvalue weighted by molar-refractivity contribution is 5.83. The first kappa shape index (κ1) is 9.76. The molecule has 5 nitrogen and oxygen atoms in total. The van der Waals surface area contributed by atoms with Crippen molar-refractivity contribution in [2.75, 3.05) is 30.3 Å². The van der Waals surface area contributed by atoms with Crippen LogP contribution in [0.3, 0.4) is 0 Å². The number of carbonyl (C=O) groups is 1. The molecule has 2 heterocycles. The molecule has 1 amide bonds. The molecule has 1 fully saturated rings. The lowest BCUT2D eigenvalue weighted by atomic mass is 10.2. The quantitative estimate of drug-likeness (QED) is 0.673. The summed E-state index contributed by atoms with van der Waals surface area (Å²) in [6.45, 7) is 3.67. The van der Waals surface area contributed by atoms with Gasteiger partial charge in [0.2, 0.25) is 5.91 Å². The number of nitrogens with zero attached hydrogens (tertiary/aromatic N) is 2. The van der Waals surface area contributed by atoms with E-state index in [0.29, 0.717) is 24.6 Å². The van der Waals surface area contributed by atoms with Gasteiger partial charge in [0.15, 0.2) is 5.82 Å². The Balaban J connectivity index is 2.28. The molecule has 0 bridgehead atoms. The number of nitrogens with one attached hydrogen (secondary N) is 1. The van der Waals surface area contributed by atoms with Crippen LogP contribution in [0.4, 0.5) is 11.5 Å². The molecule has 1 aromatic heterocycles. The fraction of sp³-hybridized carbons (Fsp3) is 0.400. The first-order chi connectivity index (χ1) is 7.18. The molecule has 0 unspecified atom stereocenters. The largest absolute Gasteiger partial charge is 0.396 e. The molecule has 2 rings (SSSR count). The molecule has 1 saturated heterocycles. The third-order valence-corrected chi connectivity index (χ3v) is 2.52. The van der Waals surface area contributed by atoms with Crippen LogP contribution in [0, 0.1) is 6.92 Å². The molecular weight excluding hydrogens is 192 g/mol. The number of rotatable bonds is 1. The number of aromatic nitrogens is 1. The van der Waals surface area contributed by atoms with Gasteiger partial charge in [0.25, 0.3) is 0 Å². The summed E-state index contributed by atoms with van der Waals surface area (Å²) in [5.74, 6) is 0.730. The molecule has 80 valence electrons. The minimum atomic E-state index is 0.0176. The van der Waals surface area contributed by atoms with E-state index in [1.165, 1.54) is 0 Å². The molecule has 0 saturated carbocycles. The highest BCUT2D eigenvalue weighted by Crippen LogP contribution is 2.23. The van der Waals surface area contributed by atoms with Crippen molar-refractivity contribution >= 4 is 17.4 Å². The maximum Gasteiger partial charge on any atom is 0.239 e. The Morgan fingerprint density at radius 3 is 3.13 bits per heavy atom. The van der Waals surface area contributed by atoms with Gasteiger partial charge < -0.3 is 16.0 Å². The minimum Gasteiger partial charge on any atom is -0.396 e. The van der Waals surface area contributed by atoms with Crippen LogP contribution in [0.5, 0.6) is 0 Å². The van der Waals surface area contributed by atoms with E-state index in [0.717, 1.165) is 12.1 Å². The average molecular weight is 206 g/mol. The zero-order valence-corrected chi connectivity index (χ0v) is 8.66. The van der Waals surface area contributed by atoms with Crippen molar-refractivity contribution in [2.24, 2.45) is 0 Å². The molecule has 0 aromatic carbocycles. The van der Waals surface area contributed by atoms with E-state index in [1.54, 1.807) is 6.20 Å². The number of piperazine rings is 1. The summed E-state index contributed by atoms with van der Waals surface area (Å²) in [6, 6.07) is 1.86. The van der Waals surface area contributed by atoms with Crippen molar-refractivity contribution in [3.8, 4) is 0 Å². The van der Waals surface area contributed by atoms with Gasteiger partial charge in [-0.15, -0.1) is 0 Å². The number of nitrogens with two attached hydrogens (primary N) is 1. The molecule has 5 heteroatoms. The van der Waals surface area contributed by atoms with Gasteiger partial charge in [-0.3, -0.25) is 4.79 Å². The monoisotopic (exact) mass is 206 g/mol. The number of anilines is 2. The number of hydrogen-bond acceptors (Lipinski definition) is 4. The Kier molecular flexibility index (Phi) is 2.45. The first-order valence-corrected chi connectivity index (χ1v) is 4.91. The summed E-state index contributed by atoms with van der Waals surface area (Å²) in [5.41, 5.74) is 7.57. The highest BCUT2D eigenvalue weighted by Gasteiger charge is 2.19. The first-order valence-electron chi connectivity index (χ1n) is 4.91. The van der Waals surface area contributed by atoms with Crippen LogP contribution < -0.4 is 16.0 Å². The number of nitrogen functional groups attached to an aromatic ring is 1. The molecule has 0 aliphatic carbocycles. The minimum absolute atomic E-state index is 0.0176. The van der Waals surface area contributed by atoms with Crippen molar-refractivity contribution < 1.29 is 4.79 Å². The lowest BCUT2D eigenvalue weighted by Crippen LogP contribution is -2.48. The van der Waals surface area contributed by atoms with Crippen LogP contribution >= 0.6 is 0 Å². The van der Waals surface area contributed by atoms with Crippen molar-refractivity contribution in [1.82, 2.24) is 10.3 Å². The van der Waals surface area contributed by atoms with Crippen LogP contribution in [0.15, 0.2) is 12.3 Å². The summed E-state index contributed by atoms with van der Waals surface area (Å²) in [5, 5.41) is 2.77. The van der Waals surface area contributed by atoms with Crippen LogP contribution in [-0.4, -0.2) is 30.5 Å². The Morgan fingerprint density at radius 2 is 2.40 bits per heavy atom. The molecule has 0 atom stereocenters. The van der Waals surface area contributed by atoms with Crippen molar-refractivity contribution in [3.63, 3.8) is 0 Å². The zero-order valence-electron chi connectivity index (χ0n) is 8.66. The van der Waals surface area contributed by atoms with Gasteiger partial charge in [-0.25, -0.2) is 4.98 Å². The van der Waals surface area contributed by atoms with Crippen LogP contribution in [0.2, 0.25) is 0 Å². The molecule has 1 aliphatic rings. The Hall–Kier alpha value is -1.78. The lowest BCUT2D eigenvalue weighted by molar-refractivity contribution is -0.120. The summed E-state index contributed by atoms with van der Waals surface area (Å²) < 4.78 is 0. The van der Waals surface area contributed by atoms with E-state index < -0.39 is 0 Å². The van der Waals surface area contributed by atoms with Gasteiger partial charge in [0.1, 0.15) is 0 Å². The smallest absolute Gasteiger partial charge is 0.239 e. The van der Waals surface area contributed by atoms with E-state index in [2.05, 4.69) is 10.3 Å². The second kappa shape index (κ2) is 3.76. The van der Waals surface area contributed by atoms with Crippen molar-refractivity contribution in [1.29, 1.82) is 0 Å². The van der Waals surface area contributed by atoms with E-state index >= 15 is 0 Å². The van der Waals surface area contributed by atoms with E-state index in [4.69, 9.17) is 5.73 Å². The van der Waals surface area contributed by atoms with E-state index in [1.807, 2.05) is 17.9 Å². The lowest BCUT2D eigenvalue weighted by Gasteiger charge is -2.28. The van der Waals surface area contributed by atoms with Gasteiger partial charge in [-0.1, -0.05) is 0 Å². The average Bonchev–Trinajstić information content (AvgIpc) is 2.22. The Bertz CT molecular complexity index is 391. The highest BCUT2D eigenvalue weighted by atomic mass is 16.2. The number of pyridine rings is 1. The summed E-state index contributed by atoms with van der Waals surface area (Å²) in [6.07, 6.45) is 1.72. The van der Waals surface area contributed by atoms with Crippen molar-refractivity contribution in [2.45, 2.75) is 6.92 Å². The van der Waals surface area contributed by atoms with Crippen LogP contribution in [-0.2, 0) is 4.79 Å². The standard InChI is InChI=1S/C10H14N4O/c1-7-2-3-13-10(9(7)11)14-5-4-12-8(15)6-14/h2-3H,4-6,11H2,1H3,(H,12,15). The Labute approximate surface area is 88.3 Å². The maximum atomic E-state index is 11.2. The normalized spacial score (nSPS) is 16.3. The summed E-state index contributed by atoms with van der Waals surface area (Å²) in [7, 11) is 0. The molecule has 1 aromatic rings. The number of aryl methyl sites for hydroxylation is 1. The van der Waals surface area contributed by atoms with Gasteiger partial charge in [-0.05, 0) is 18.6 Å².